The smallest absolute Gasteiger partial charge is 0.311 e. The van der Waals surface area contributed by atoms with Crippen LogP contribution in [0.15, 0.2) is 17.1 Å². The molecule has 1 heterocycles. The van der Waals surface area contributed by atoms with Crippen LogP contribution in [0.1, 0.15) is 12.5 Å². The number of ether oxygens (including phenoxy) is 2. The van der Waals surface area contributed by atoms with E-state index >= 15 is 0 Å². The van der Waals surface area contributed by atoms with Crippen molar-refractivity contribution in [3.05, 3.63) is 33.6 Å². The molecule has 0 bridgehead atoms. The second-order valence-corrected chi connectivity index (χ2v) is 4.76. The normalized spacial score (nSPS) is 23.4. The largest absolute Gasteiger partial charge is 0.490 e. The lowest BCUT2D eigenvalue weighted by molar-refractivity contribution is -0.386. The average Bonchev–Trinajstić information content (AvgIpc) is 2.42. The molecule has 0 radical (unpaired) electrons. The Kier molecular flexibility index (Phi) is 3.63. The highest BCUT2D eigenvalue weighted by Gasteiger charge is 2.58. The maximum atomic E-state index is 14.2. The Morgan fingerprint density at radius 3 is 2.68 bits per heavy atom. The minimum atomic E-state index is -3.61. The molecule has 22 heavy (non-hydrogen) atoms. The van der Waals surface area contributed by atoms with Crippen molar-refractivity contribution in [3.8, 4) is 5.75 Å². The summed E-state index contributed by atoms with van der Waals surface area (Å²) in [6.07, 6.45) is 0. The summed E-state index contributed by atoms with van der Waals surface area (Å²) < 4.78 is 52.0. The predicted octanol–water partition coefficient (Wildman–Crippen LogP) is 1.94. The van der Waals surface area contributed by atoms with Gasteiger partial charge in [-0.15, -0.1) is 0 Å². The van der Waals surface area contributed by atoms with Gasteiger partial charge < -0.3 is 15.2 Å². The summed E-state index contributed by atoms with van der Waals surface area (Å²) in [5.41, 5.74) is 1.39. The van der Waals surface area contributed by atoms with Gasteiger partial charge in [0.05, 0.1) is 12.0 Å². The van der Waals surface area contributed by atoms with E-state index in [4.69, 9.17) is 10.5 Å². The zero-order valence-corrected chi connectivity index (χ0v) is 11.6. The second-order valence-electron chi connectivity index (χ2n) is 4.76. The van der Waals surface area contributed by atoms with Gasteiger partial charge in [-0.25, -0.2) is 9.38 Å². The molecule has 0 aromatic heterocycles. The number of methoxy groups -OCH3 is 1. The van der Waals surface area contributed by atoms with Gasteiger partial charge in [0, 0.05) is 17.7 Å². The van der Waals surface area contributed by atoms with Crippen molar-refractivity contribution in [1.82, 2.24) is 0 Å². The van der Waals surface area contributed by atoms with E-state index in [0.717, 1.165) is 14.0 Å². The van der Waals surface area contributed by atoms with Gasteiger partial charge in [-0.05, 0) is 6.92 Å². The van der Waals surface area contributed by atoms with Crippen LogP contribution in [0, 0.1) is 15.9 Å². The molecule has 0 saturated heterocycles. The van der Waals surface area contributed by atoms with Crippen LogP contribution < -0.4 is 10.5 Å². The molecule has 1 aliphatic heterocycles. The fourth-order valence-corrected chi connectivity index (χ4v) is 2.11. The fourth-order valence-electron chi connectivity index (χ4n) is 2.11. The van der Waals surface area contributed by atoms with Gasteiger partial charge in [-0.2, -0.15) is 8.78 Å². The minimum Gasteiger partial charge on any atom is -0.490 e. The highest BCUT2D eigenvalue weighted by Crippen LogP contribution is 2.46. The lowest BCUT2D eigenvalue weighted by Crippen LogP contribution is -2.53. The van der Waals surface area contributed by atoms with Crippen LogP contribution in [0.25, 0.3) is 0 Å². The zero-order valence-electron chi connectivity index (χ0n) is 11.6. The first-order valence-corrected chi connectivity index (χ1v) is 6.01. The van der Waals surface area contributed by atoms with Crippen LogP contribution >= 0.6 is 0 Å². The summed E-state index contributed by atoms with van der Waals surface area (Å²) in [7, 11) is 1.10. The molecule has 7 nitrogen and oxygen atoms in total. The Bertz CT molecular complexity index is 665. The first kappa shape index (κ1) is 15.9. The van der Waals surface area contributed by atoms with Crippen molar-refractivity contribution in [2.24, 2.45) is 10.7 Å². The lowest BCUT2D eigenvalue weighted by Gasteiger charge is -2.39. The maximum Gasteiger partial charge on any atom is 0.311 e. The Labute approximate surface area is 122 Å². The molecule has 10 heteroatoms. The summed E-state index contributed by atoms with van der Waals surface area (Å²) >= 11 is 0. The fraction of sp³-hybridized carbons (Fsp3) is 0.417. The van der Waals surface area contributed by atoms with E-state index in [9.17, 15) is 23.3 Å². The Balaban J connectivity index is 2.68. The third-order valence-corrected chi connectivity index (χ3v) is 3.42. The molecule has 0 fully saturated rings. The van der Waals surface area contributed by atoms with Crippen molar-refractivity contribution in [2.75, 3.05) is 13.7 Å². The van der Waals surface area contributed by atoms with E-state index in [-0.39, 0.29) is 0 Å². The van der Waals surface area contributed by atoms with Crippen molar-refractivity contribution in [1.29, 1.82) is 0 Å². The molecule has 0 unspecified atom stereocenters. The maximum absolute atomic E-state index is 14.2. The molecule has 0 spiro atoms. The van der Waals surface area contributed by atoms with Crippen molar-refractivity contribution in [3.63, 3.8) is 0 Å². The Morgan fingerprint density at radius 2 is 2.14 bits per heavy atom. The highest BCUT2D eigenvalue weighted by atomic mass is 19.3. The van der Waals surface area contributed by atoms with Crippen LogP contribution in [0.2, 0.25) is 0 Å². The van der Waals surface area contributed by atoms with E-state index < -0.39 is 51.8 Å². The van der Waals surface area contributed by atoms with Gasteiger partial charge in [-0.3, -0.25) is 10.1 Å². The average molecular weight is 319 g/mol. The van der Waals surface area contributed by atoms with Gasteiger partial charge in [0.25, 0.3) is 6.02 Å². The number of nitro groups is 1. The van der Waals surface area contributed by atoms with Gasteiger partial charge in [-0.1, -0.05) is 0 Å². The number of aliphatic imine (C=N–C) groups is 1. The first-order chi connectivity index (χ1) is 10.1. The molecule has 2 rings (SSSR count). The monoisotopic (exact) mass is 319 g/mol. The summed E-state index contributed by atoms with van der Waals surface area (Å²) in [4.78, 5) is 13.4. The highest BCUT2D eigenvalue weighted by molar-refractivity contribution is 5.73. The molecule has 1 aromatic rings. The topological polar surface area (TPSA) is 100.0 Å². The molecule has 1 aliphatic rings. The number of halogens is 3. The summed E-state index contributed by atoms with van der Waals surface area (Å²) in [6.45, 7) is -0.127. The van der Waals surface area contributed by atoms with Crippen LogP contribution in [0.3, 0.4) is 0 Å². The molecule has 0 aliphatic carbocycles. The van der Waals surface area contributed by atoms with E-state index in [1.165, 1.54) is 0 Å². The Hall–Kier alpha value is -2.52. The Morgan fingerprint density at radius 1 is 1.50 bits per heavy atom. The van der Waals surface area contributed by atoms with Crippen molar-refractivity contribution < 1.29 is 27.6 Å². The molecular formula is C12H12F3N3O4. The SMILES string of the molecule is COc1cc(F)c([C@@]2(C)OC(N)=NCC2(F)F)cc1[N+](=O)[O-]. The van der Waals surface area contributed by atoms with Gasteiger partial charge in [0.2, 0.25) is 5.60 Å². The number of hydrogen-bond donors (Lipinski definition) is 1. The number of benzene rings is 1. The minimum absolute atomic E-state index is 0.393. The van der Waals surface area contributed by atoms with E-state index in [0.29, 0.717) is 12.1 Å². The third kappa shape index (κ3) is 2.30. The van der Waals surface area contributed by atoms with E-state index in [2.05, 4.69) is 9.73 Å². The molecule has 0 amide bonds. The van der Waals surface area contributed by atoms with E-state index in [1.54, 1.807) is 0 Å². The van der Waals surface area contributed by atoms with Gasteiger partial charge >= 0.3 is 11.6 Å². The third-order valence-electron chi connectivity index (χ3n) is 3.42. The van der Waals surface area contributed by atoms with Crippen LogP contribution in [-0.2, 0) is 10.3 Å². The number of rotatable bonds is 3. The molecular weight excluding hydrogens is 307 g/mol. The first-order valence-electron chi connectivity index (χ1n) is 6.01. The second kappa shape index (κ2) is 5.04. The van der Waals surface area contributed by atoms with Gasteiger partial charge in [0.1, 0.15) is 12.4 Å². The predicted molar refractivity (Wildman–Crippen MR) is 69.5 cm³/mol. The molecule has 0 saturated carbocycles. The quantitative estimate of drug-likeness (QED) is 0.678. The summed E-state index contributed by atoms with van der Waals surface area (Å²) in [5, 5.41) is 11.0. The number of amidine groups is 1. The number of hydrogen-bond acceptors (Lipinski definition) is 6. The zero-order chi connectivity index (χ0) is 16.7. The molecule has 2 N–H and O–H groups in total. The number of nitrogens with two attached hydrogens (primary N) is 1. The van der Waals surface area contributed by atoms with Crippen LogP contribution in [-0.4, -0.2) is 30.5 Å². The van der Waals surface area contributed by atoms with Crippen molar-refractivity contribution in [2.45, 2.75) is 18.4 Å². The van der Waals surface area contributed by atoms with Crippen LogP contribution in [0.5, 0.6) is 5.75 Å². The number of alkyl halides is 2. The van der Waals surface area contributed by atoms with Crippen molar-refractivity contribution >= 4 is 11.7 Å². The summed E-state index contributed by atoms with van der Waals surface area (Å²) in [5.74, 6) is -5.14. The summed E-state index contributed by atoms with van der Waals surface area (Å²) in [6, 6.07) is 0.757. The molecule has 1 atom stereocenters. The molecule has 1 aromatic carbocycles. The molecule has 120 valence electrons. The number of nitro benzene ring substituents is 1. The van der Waals surface area contributed by atoms with E-state index in [1.807, 2.05) is 0 Å². The number of nitrogens with zero attached hydrogens (tertiary/aromatic N) is 2. The van der Waals surface area contributed by atoms with Crippen LogP contribution in [0.4, 0.5) is 18.9 Å². The van der Waals surface area contributed by atoms with Gasteiger partial charge in [0.15, 0.2) is 5.75 Å². The lowest BCUT2D eigenvalue weighted by atomic mass is 9.87. The standard InChI is InChI=1S/C12H12F3N3O4/c1-11(12(14,15)5-17-10(16)22-11)6-3-8(18(19)20)9(21-2)4-7(6)13/h3-4H,5H2,1-2H3,(H2,16,17)/t11-/m1/s1.